The third-order valence-corrected chi connectivity index (χ3v) is 8.83. The minimum absolute atomic E-state index is 0.114. The molecule has 3 aliphatic heterocycles. The van der Waals surface area contributed by atoms with E-state index in [2.05, 4.69) is 0 Å². The zero-order chi connectivity index (χ0) is 31.7. The SMILES string of the molecule is C[B]C[C@H]1OC(O[C@@H]2C(O)C(N)CC(N)C2OC2OC(CC)C(O)[C@H](O)C2N)[C@@H](O)[C@H]1OC1O[C@@H](CN)C(O)C(O)C1N. The fraction of sp³-hybridized carbons (Fsp3) is 1.00. The second-order valence-electron chi connectivity index (χ2n) is 11.9. The molecule has 17 nitrogen and oxygen atoms in total. The molecule has 0 aromatic heterocycles. The van der Waals surface area contributed by atoms with Crippen LogP contribution in [0.2, 0.25) is 13.1 Å². The molecule has 0 amide bonds. The average molecular weight is 623 g/mol. The Hall–Kier alpha value is -0.615. The lowest BCUT2D eigenvalue weighted by atomic mass is 9.74. The van der Waals surface area contributed by atoms with Gasteiger partial charge in [0.15, 0.2) is 18.9 Å². The van der Waals surface area contributed by atoms with E-state index >= 15 is 0 Å². The van der Waals surface area contributed by atoms with Gasteiger partial charge in [0.1, 0.15) is 62.2 Å². The van der Waals surface area contributed by atoms with Crippen LogP contribution in [0.4, 0.5) is 0 Å². The van der Waals surface area contributed by atoms with Gasteiger partial charge in [0.25, 0.3) is 0 Å². The van der Waals surface area contributed by atoms with E-state index in [4.69, 9.17) is 57.1 Å². The first-order chi connectivity index (χ1) is 20.3. The van der Waals surface area contributed by atoms with Gasteiger partial charge < -0.3 is 87.7 Å². The minimum Gasteiger partial charge on any atom is -0.389 e. The third-order valence-electron chi connectivity index (χ3n) is 8.83. The lowest BCUT2D eigenvalue weighted by Crippen LogP contribution is -2.67. The molecule has 0 aromatic carbocycles. The van der Waals surface area contributed by atoms with E-state index in [0.29, 0.717) is 12.7 Å². The quantitative estimate of drug-likeness (QED) is 0.101. The third kappa shape index (κ3) is 7.21. The van der Waals surface area contributed by atoms with Crippen molar-refractivity contribution in [3.05, 3.63) is 0 Å². The summed E-state index contributed by atoms with van der Waals surface area (Å²) >= 11 is 0. The smallest absolute Gasteiger partial charge is 0.187 e. The van der Waals surface area contributed by atoms with Gasteiger partial charge >= 0.3 is 0 Å². The molecule has 249 valence electrons. The molecule has 1 aliphatic carbocycles. The second-order valence-corrected chi connectivity index (χ2v) is 11.9. The van der Waals surface area contributed by atoms with Crippen LogP contribution in [0.5, 0.6) is 0 Å². The highest BCUT2D eigenvalue weighted by molar-refractivity contribution is 6.33. The molecule has 4 rings (SSSR count). The van der Waals surface area contributed by atoms with E-state index in [1.54, 1.807) is 21.0 Å². The molecule has 4 fully saturated rings. The van der Waals surface area contributed by atoms with Crippen molar-refractivity contribution in [2.24, 2.45) is 28.7 Å². The zero-order valence-electron chi connectivity index (χ0n) is 24.4. The molecule has 0 spiro atoms. The van der Waals surface area contributed by atoms with Crippen molar-refractivity contribution in [3.8, 4) is 0 Å². The summed E-state index contributed by atoms with van der Waals surface area (Å²) in [5, 5.41) is 63.7. The maximum absolute atomic E-state index is 11.3. The first-order valence-corrected chi connectivity index (χ1v) is 14.9. The lowest BCUT2D eigenvalue weighted by molar-refractivity contribution is -0.308. The fourth-order valence-corrected chi connectivity index (χ4v) is 6.16. The summed E-state index contributed by atoms with van der Waals surface area (Å²) in [5.74, 6) is 0. The molecule has 13 unspecified atom stereocenters. The number of aliphatic hydroxyl groups is 6. The van der Waals surface area contributed by atoms with Crippen LogP contribution in [-0.2, 0) is 28.4 Å². The van der Waals surface area contributed by atoms with Crippen molar-refractivity contribution in [1.82, 2.24) is 0 Å². The number of hydrogen-bond donors (Lipinski definition) is 11. The van der Waals surface area contributed by atoms with Gasteiger partial charge in [-0.2, -0.15) is 0 Å². The fourth-order valence-electron chi connectivity index (χ4n) is 6.16. The molecular formula is C25H49BN5O12. The summed E-state index contributed by atoms with van der Waals surface area (Å²) < 4.78 is 35.8. The average Bonchev–Trinajstić information content (AvgIpc) is 3.26. The van der Waals surface area contributed by atoms with Gasteiger partial charge in [-0.3, -0.25) is 0 Å². The van der Waals surface area contributed by atoms with Crippen molar-refractivity contribution in [2.75, 3.05) is 6.54 Å². The van der Waals surface area contributed by atoms with Crippen LogP contribution in [0.3, 0.4) is 0 Å². The molecule has 18 heteroatoms. The number of ether oxygens (including phenoxy) is 6. The highest BCUT2D eigenvalue weighted by Crippen LogP contribution is 2.35. The first kappa shape index (κ1) is 35.2. The predicted octanol–water partition coefficient (Wildman–Crippen LogP) is -6.27. The number of hydrogen-bond acceptors (Lipinski definition) is 17. The Bertz CT molecular complexity index is 886. The largest absolute Gasteiger partial charge is 0.389 e. The summed E-state index contributed by atoms with van der Waals surface area (Å²) in [7, 11) is 1.79. The van der Waals surface area contributed by atoms with Gasteiger partial charge in [0.05, 0.1) is 30.4 Å². The Morgan fingerprint density at radius 3 is 1.70 bits per heavy atom. The van der Waals surface area contributed by atoms with Gasteiger partial charge in [-0.1, -0.05) is 20.1 Å². The van der Waals surface area contributed by atoms with Crippen LogP contribution in [-0.4, -0.2) is 161 Å². The van der Waals surface area contributed by atoms with Crippen molar-refractivity contribution in [1.29, 1.82) is 0 Å². The molecule has 0 bridgehead atoms. The van der Waals surface area contributed by atoms with Crippen molar-refractivity contribution in [3.63, 3.8) is 0 Å². The maximum atomic E-state index is 11.3. The first-order valence-electron chi connectivity index (χ1n) is 14.9. The molecule has 16 N–H and O–H groups in total. The summed E-state index contributed by atoms with van der Waals surface area (Å²) in [6, 6.07) is -3.88. The van der Waals surface area contributed by atoms with E-state index in [1.807, 2.05) is 0 Å². The molecule has 43 heavy (non-hydrogen) atoms. The normalized spacial score (nSPS) is 52.7. The molecule has 1 radical (unpaired) electrons. The topological polar surface area (TPSA) is 307 Å². The van der Waals surface area contributed by atoms with E-state index < -0.39 is 116 Å². The monoisotopic (exact) mass is 622 g/mol. The number of nitrogens with two attached hydrogens (primary N) is 5. The summed E-state index contributed by atoms with van der Waals surface area (Å²) in [5.41, 5.74) is 30.4. The highest BCUT2D eigenvalue weighted by Gasteiger charge is 2.54. The van der Waals surface area contributed by atoms with E-state index in [1.165, 1.54) is 0 Å². The number of aliphatic hydroxyl groups excluding tert-OH is 6. The predicted molar refractivity (Wildman–Crippen MR) is 149 cm³/mol. The van der Waals surface area contributed by atoms with Crippen LogP contribution in [0.1, 0.15) is 19.8 Å². The van der Waals surface area contributed by atoms with E-state index in [0.717, 1.165) is 0 Å². The summed E-state index contributed by atoms with van der Waals surface area (Å²) in [6.07, 6.45) is -16.9. The molecule has 0 aromatic rings. The van der Waals surface area contributed by atoms with Gasteiger partial charge in [0.2, 0.25) is 0 Å². The van der Waals surface area contributed by atoms with Crippen molar-refractivity contribution < 1.29 is 59.1 Å². The zero-order valence-corrected chi connectivity index (χ0v) is 24.4. The van der Waals surface area contributed by atoms with Gasteiger partial charge in [0, 0.05) is 18.6 Å². The Morgan fingerprint density at radius 1 is 0.628 bits per heavy atom. The Labute approximate surface area is 251 Å². The van der Waals surface area contributed by atoms with Crippen molar-refractivity contribution in [2.45, 2.75) is 149 Å². The highest BCUT2D eigenvalue weighted by atomic mass is 16.8. The van der Waals surface area contributed by atoms with Crippen LogP contribution in [0, 0.1) is 0 Å². The Morgan fingerprint density at radius 2 is 1.14 bits per heavy atom. The molecular weight excluding hydrogens is 573 g/mol. The lowest BCUT2D eigenvalue weighted by Gasteiger charge is -2.47. The van der Waals surface area contributed by atoms with Crippen LogP contribution in [0.25, 0.3) is 0 Å². The molecule has 19 atom stereocenters. The molecule has 3 saturated heterocycles. The van der Waals surface area contributed by atoms with Crippen LogP contribution < -0.4 is 28.7 Å². The Balaban J connectivity index is 1.51. The summed E-state index contributed by atoms with van der Waals surface area (Å²) in [6.45, 7) is 3.43. The van der Waals surface area contributed by atoms with Gasteiger partial charge in [-0.15, -0.1) is 0 Å². The Kier molecular flexibility index (Phi) is 12.2. The minimum atomic E-state index is -1.45. The molecule has 3 heterocycles. The van der Waals surface area contributed by atoms with Gasteiger partial charge in [-0.25, -0.2) is 0 Å². The summed E-state index contributed by atoms with van der Waals surface area (Å²) in [4.78, 5) is 0. The van der Waals surface area contributed by atoms with Gasteiger partial charge in [-0.05, 0) is 12.8 Å². The molecule has 1 saturated carbocycles. The van der Waals surface area contributed by atoms with Crippen LogP contribution in [0.15, 0.2) is 0 Å². The van der Waals surface area contributed by atoms with Crippen molar-refractivity contribution >= 4 is 7.28 Å². The second kappa shape index (κ2) is 14.9. The molecule has 4 aliphatic rings. The van der Waals surface area contributed by atoms with E-state index in [-0.39, 0.29) is 13.0 Å². The maximum Gasteiger partial charge on any atom is 0.187 e. The van der Waals surface area contributed by atoms with E-state index in [9.17, 15) is 30.6 Å². The number of rotatable bonds is 10. The standard InChI is InChI=1S/C25H49BN5O12/c1-3-9-15(33)17(35)12(30)23(38-9)41-20-8(29)4-7(28)14(32)22(20)43-25-19(37)21(10(39-25)5-26-2)42-24-13(31)18(36)16(34)11(6-27)40-24/h7-25,32-37H,3-6,27-31H2,1-2H3/t7?,8?,9?,10-,11+,12?,13?,14?,15?,16?,17-,18?,19+,20?,21+,22-,23?,24?,25?/m1/s1. The van der Waals surface area contributed by atoms with Crippen LogP contribution >= 0.6 is 0 Å².